The number of halogens is 2. The maximum Gasteiger partial charge on any atom is 0.257 e. The molecule has 0 saturated heterocycles. The molecule has 0 aliphatic heterocycles. The summed E-state index contributed by atoms with van der Waals surface area (Å²) >= 11 is 2.50. The second kappa shape index (κ2) is 7.71. The number of hydrogen-bond acceptors (Lipinski definition) is 5. The molecule has 1 N–H and O–H groups in total. The highest BCUT2D eigenvalue weighted by atomic mass is 32.2. The number of amides is 1. The quantitative estimate of drug-likeness (QED) is 0.519. The van der Waals surface area contributed by atoms with E-state index in [1.807, 2.05) is 19.1 Å². The van der Waals surface area contributed by atoms with Gasteiger partial charge in [0.05, 0.1) is 0 Å². The van der Waals surface area contributed by atoms with Gasteiger partial charge in [0, 0.05) is 17.4 Å². The lowest BCUT2D eigenvalue weighted by atomic mass is 10.1. The molecule has 0 fully saturated rings. The second-order valence-corrected chi connectivity index (χ2v) is 7.46. The molecule has 0 unspecified atom stereocenters. The largest absolute Gasteiger partial charge is 0.296 e. The highest BCUT2D eigenvalue weighted by molar-refractivity contribution is 8.00. The van der Waals surface area contributed by atoms with Gasteiger partial charge in [-0.25, -0.2) is 8.78 Å². The minimum absolute atomic E-state index is 0.264. The summed E-state index contributed by atoms with van der Waals surface area (Å²) in [6.07, 6.45) is 0. The summed E-state index contributed by atoms with van der Waals surface area (Å²) in [6, 6.07) is 10.6. The number of aryl methyl sites for hydroxylation is 1. The molecule has 25 heavy (non-hydrogen) atoms. The Morgan fingerprint density at radius 2 is 1.80 bits per heavy atom. The van der Waals surface area contributed by atoms with Gasteiger partial charge in [-0.2, -0.15) is 0 Å². The third-order valence-electron chi connectivity index (χ3n) is 3.23. The summed E-state index contributed by atoms with van der Waals surface area (Å²) < 4.78 is 26.9. The Morgan fingerprint density at radius 1 is 1.12 bits per heavy atom. The number of benzene rings is 2. The molecule has 0 bridgehead atoms. The van der Waals surface area contributed by atoms with Gasteiger partial charge >= 0.3 is 0 Å². The maximum atomic E-state index is 13.2. The van der Waals surface area contributed by atoms with E-state index >= 15 is 0 Å². The van der Waals surface area contributed by atoms with Crippen LogP contribution in [0.25, 0.3) is 0 Å². The maximum absolute atomic E-state index is 13.2. The Hall–Kier alpha value is -2.32. The van der Waals surface area contributed by atoms with E-state index in [9.17, 15) is 13.6 Å². The number of rotatable bonds is 5. The summed E-state index contributed by atoms with van der Waals surface area (Å²) in [5, 5.41) is 10.9. The van der Waals surface area contributed by atoms with Gasteiger partial charge < -0.3 is 0 Å². The third kappa shape index (κ3) is 4.83. The van der Waals surface area contributed by atoms with Crippen molar-refractivity contribution in [3.63, 3.8) is 0 Å². The van der Waals surface area contributed by atoms with Gasteiger partial charge in [0.25, 0.3) is 5.91 Å². The molecule has 0 saturated carbocycles. The first-order valence-corrected chi connectivity index (χ1v) is 9.09. The van der Waals surface area contributed by atoms with Gasteiger partial charge in [-0.3, -0.25) is 10.1 Å². The Kier molecular flexibility index (Phi) is 5.40. The van der Waals surface area contributed by atoms with Crippen LogP contribution in [0.4, 0.5) is 13.9 Å². The zero-order chi connectivity index (χ0) is 17.8. The van der Waals surface area contributed by atoms with Crippen molar-refractivity contribution in [1.82, 2.24) is 10.2 Å². The lowest BCUT2D eigenvalue weighted by Gasteiger charge is -2.01. The molecule has 0 aliphatic carbocycles. The first-order chi connectivity index (χ1) is 12.0. The van der Waals surface area contributed by atoms with Crippen LogP contribution >= 0.6 is 23.1 Å². The Balaban J connectivity index is 1.60. The van der Waals surface area contributed by atoms with E-state index in [0.29, 0.717) is 26.4 Å². The van der Waals surface area contributed by atoms with Gasteiger partial charge in [0.15, 0.2) is 4.34 Å². The second-order valence-electron chi connectivity index (χ2n) is 5.26. The topological polar surface area (TPSA) is 54.9 Å². The van der Waals surface area contributed by atoms with Crippen molar-refractivity contribution in [2.24, 2.45) is 0 Å². The SMILES string of the molecule is Cc1ccc(C(=O)Nc2nnc(SCc3cc(F)cc(F)c3)s2)cc1. The van der Waals surface area contributed by atoms with E-state index in [4.69, 9.17) is 0 Å². The summed E-state index contributed by atoms with van der Waals surface area (Å²) in [5.41, 5.74) is 2.12. The van der Waals surface area contributed by atoms with Gasteiger partial charge in [-0.1, -0.05) is 40.8 Å². The Bertz CT molecular complexity index is 877. The van der Waals surface area contributed by atoms with Crippen LogP contribution < -0.4 is 5.32 Å². The number of hydrogen-bond donors (Lipinski definition) is 1. The molecule has 0 atom stereocenters. The normalized spacial score (nSPS) is 10.7. The molecule has 8 heteroatoms. The van der Waals surface area contributed by atoms with Crippen LogP contribution in [0.2, 0.25) is 0 Å². The molecule has 0 spiro atoms. The molecule has 0 aliphatic rings. The zero-order valence-corrected chi connectivity index (χ0v) is 14.8. The lowest BCUT2D eigenvalue weighted by Crippen LogP contribution is -2.11. The van der Waals surface area contributed by atoms with E-state index < -0.39 is 11.6 Å². The highest BCUT2D eigenvalue weighted by Crippen LogP contribution is 2.29. The predicted molar refractivity (Wildman–Crippen MR) is 95.0 cm³/mol. The minimum atomic E-state index is -0.612. The molecule has 1 amide bonds. The summed E-state index contributed by atoms with van der Waals surface area (Å²) in [7, 11) is 0. The van der Waals surface area contributed by atoms with Gasteiger partial charge in [-0.15, -0.1) is 10.2 Å². The zero-order valence-electron chi connectivity index (χ0n) is 13.1. The summed E-state index contributed by atoms with van der Waals surface area (Å²) in [4.78, 5) is 12.1. The lowest BCUT2D eigenvalue weighted by molar-refractivity contribution is 0.102. The third-order valence-corrected chi connectivity index (χ3v) is 5.27. The van der Waals surface area contributed by atoms with Crippen LogP contribution in [0.15, 0.2) is 46.8 Å². The molecule has 2 aromatic carbocycles. The van der Waals surface area contributed by atoms with Crippen LogP contribution in [-0.4, -0.2) is 16.1 Å². The van der Waals surface area contributed by atoms with Crippen molar-refractivity contribution in [3.8, 4) is 0 Å². The smallest absolute Gasteiger partial charge is 0.257 e. The van der Waals surface area contributed by atoms with Crippen molar-refractivity contribution in [2.45, 2.75) is 17.0 Å². The van der Waals surface area contributed by atoms with Gasteiger partial charge in [0.1, 0.15) is 11.6 Å². The summed E-state index contributed by atoms with van der Waals surface area (Å²) in [6.45, 7) is 1.94. The standard InChI is InChI=1S/C17H13F2N3OS2/c1-10-2-4-12(5-3-10)15(23)20-16-21-22-17(25-16)24-9-11-6-13(18)8-14(19)7-11/h2-8H,9H2,1H3,(H,20,21,23). The molecule has 1 aromatic heterocycles. The highest BCUT2D eigenvalue weighted by Gasteiger charge is 2.11. The predicted octanol–water partition coefficient (Wildman–Crippen LogP) is 4.67. The van der Waals surface area contributed by atoms with E-state index in [0.717, 1.165) is 11.6 Å². The number of nitrogens with zero attached hydrogens (tertiary/aromatic N) is 2. The fourth-order valence-electron chi connectivity index (χ4n) is 2.03. The van der Waals surface area contributed by atoms with Crippen LogP contribution in [0.1, 0.15) is 21.5 Å². The van der Waals surface area contributed by atoms with Gasteiger partial charge in [0.2, 0.25) is 5.13 Å². The molecule has 128 valence electrons. The minimum Gasteiger partial charge on any atom is -0.296 e. The van der Waals surface area contributed by atoms with E-state index in [1.54, 1.807) is 12.1 Å². The van der Waals surface area contributed by atoms with Crippen molar-refractivity contribution in [3.05, 3.63) is 70.8 Å². The van der Waals surface area contributed by atoms with Crippen LogP contribution in [0.3, 0.4) is 0 Å². The fourth-order valence-corrected chi connectivity index (χ4v) is 3.71. The van der Waals surface area contributed by atoms with Crippen molar-refractivity contribution >= 4 is 34.1 Å². The molecule has 3 rings (SSSR count). The van der Waals surface area contributed by atoms with E-state index in [-0.39, 0.29) is 5.91 Å². The van der Waals surface area contributed by atoms with Crippen molar-refractivity contribution in [2.75, 3.05) is 5.32 Å². The number of anilines is 1. The average Bonchev–Trinajstić information content (AvgIpc) is 3.00. The van der Waals surface area contributed by atoms with Crippen LogP contribution in [-0.2, 0) is 5.75 Å². The number of aromatic nitrogens is 2. The van der Waals surface area contributed by atoms with E-state index in [2.05, 4.69) is 15.5 Å². The fraction of sp³-hybridized carbons (Fsp3) is 0.118. The van der Waals surface area contributed by atoms with Gasteiger partial charge in [-0.05, 0) is 36.8 Å². The number of thioether (sulfide) groups is 1. The first-order valence-electron chi connectivity index (χ1n) is 7.29. The van der Waals surface area contributed by atoms with Crippen LogP contribution in [0.5, 0.6) is 0 Å². The van der Waals surface area contributed by atoms with Crippen molar-refractivity contribution in [1.29, 1.82) is 0 Å². The molecular formula is C17H13F2N3OS2. The molecule has 3 aromatic rings. The Morgan fingerprint density at radius 3 is 2.48 bits per heavy atom. The molecule has 1 heterocycles. The molecule has 0 radical (unpaired) electrons. The monoisotopic (exact) mass is 377 g/mol. The summed E-state index contributed by atoms with van der Waals surface area (Å²) in [5.74, 6) is -1.13. The van der Waals surface area contributed by atoms with E-state index in [1.165, 1.54) is 35.2 Å². The average molecular weight is 377 g/mol. The first kappa shape index (κ1) is 17.5. The van der Waals surface area contributed by atoms with Crippen LogP contribution in [0, 0.1) is 18.6 Å². The van der Waals surface area contributed by atoms with Crippen molar-refractivity contribution < 1.29 is 13.6 Å². The molecular weight excluding hydrogens is 364 g/mol. The Labute approximate surface area is 151 Å². The number of carbonyl (C=O) groups excluding carboxylic acids is 1. The number of nitrogens with one attached hydrogen (secondary N) is 1. The molecule has 4 nitrogen and oxygen atoms in total. The number of carbonyl (C=O) groups is 1.